The third-order valence-corrected chi connectivity index (χ3v) is 17.1. The van der Waals surface area contributed by atoms with Crippen molar-refractivity contribution in [2.45, 2.75) is 0 Å². The first kappa shape index (κ1) is 56.1. The number of anilines is 10. The van der Waals surface area contributed by atoms with Gasteiger partial charge in [-0.05, 0) is 175 Å². The Bertz CT molecular complexity index is 4880. The van der Waals surface area contributed by atoms with Crippen LogP contribution in [0.3, 0.4) is 0 Å². The second-order valence-electron chi connectivity index (χ2n) is 22.7. The largest absolute Gasteiger partial charge is 0.345 e. The number of hydrogen-bond donors (Lipinski definition) is 0. The summed E-state index contributed by atoms with van der Waals surface area (Å²) in [6.45, 7) is 0. The third-order valence-electron chi connectivity index (χ3n) is 17.1. The van der Waals surface area contributed by atoms with E-state index in [-0.39, 0.29) is 0 Å². The summed E-state index contributed by atoms with van der Waals surface area (Å²) in [5.74, 6) is 0. The van der Waals surface area contributed by atoms with Crippen molar-refractivity contribution in [1.29, 1.82) is 0 Å². The van der Waals surface area contributed by atoms with Gasteiger partial charge >= 0.3 is 0 Å². The van der Waals surface area contributed by atoms with Crippen LogP contribution in [-0.4, -0.2) is 14.1 Å². The topological polar surface area (TPSA) is 13.0 Å². The van der Waals surface area contributed by atoms with Crippen LogP contribution in [0.15, 0.2) is 364 Å². The lowest BCUT2D eigenvalue weighted by Gasteiger charge is -2.27. The average molecular weight is 1160 g/mol. The maximum Gasteiger partial charge on any atom is 0.0540 e. The lowest BCUT2D eigenvalue weighted by atomic mass is 10.0. The number of para-hydroxylation sites is 1. The van der Waals surface area contributed by atoms with Gasteiger partial charge in [0.15, 0.2) is 0 Å². The summed E-state index contributed by atoms with van der Waals surface area (Å²) in [4.78, 5) is 9.19. The molecule has 15 aromatic rings. The number of fused-ring (bicyclic) bond motifs is 3. The van der Waals surface area contributed by atoms with Crippen LogP contribution in [0, 0.1) is 0 Å². The first-order chi connectivity index (χ1) is 44.5. The first-order valence-corrected chi connectivity index (χ1v) is 30.7. The highest BCUT2D eigenvalue weighted by atomic mass is 15.2. The Balaban J connectivity index is 0.000000158. The minimum absolute atomic E-state index is 1.11. The fraction of sp³-hybridized carbons (Fsp3) is 0.0233. The van der Waals surface area contributed by atoms with E-state index in [1.165, 1.54) is 88.2 Å². The van der Waals surface area contributed by atoms with Crippen LogP contribution in [-0.2, 0) is 0 Å². The molecule has 4 nitrogen and oxygen atoms in total. The summed E-state index contributed by atoms with van der Waals surface area (Å²) < 4.78 is 0. The van der Waals surface area contributed by atoms with E-state index in [1.807, 2.05) is 6.07 Å². The SMILES string of the molecule is CN(c1ccc(-c2ccc(N(c3cccc(-c4ccccc4)c3)c3cccc4ccccc34)cc2)cc1)c1ccc2ccccc2c1.CN(c1ccccc1)c1ccc(-c2ccc(N(c3cccc(-c4ccccc4)c3)c3cccc4ccccc34)cc2)cc1. The zero-order valence-electron chi connectivity index (χ0n) is 50.4. The molecule has 0 saturated heterocycles. The van der Waals surface area contributed by atoms with Crippen molar-refractivity contribution in [2.75, 3.05) is 33.7 Å². The molecule has 0 amide bonds. The van der Waals surface area contributed by atoms with Gasteiger partial charge in [-0.2, -0.15) is 0 Å². The molecule has 0 radical (unpaired) electrons. The number of benzene rings is 15. The van der Waals surface area contributed by atoms with Crippen LogP contribution in [0.4, 0.5) is 56.9 Å². The fourth-order valence-electron chi connectivity index (χ4n) is 12.3. The van der Waals surface area contributed by atoms with E-state index in [0.29, 0.717) is 0 Å². The van der Waals surface area contributed by atoms with Crippen molar-refractivity contribution in [2.24, 2.45) is 0 Å². The van der Waals surface area contributed by atoms with E-state index in [2.05, 4.69) is 392 Å². The van der Waals surface area contributed by atoms with Gasteiger partial charge in [-0.1, -0.05) is 255 Å². The molecule has 0 N–H and O–H groups in total. The molecular formula is C86H66N4. The van der Waals surface area contributed by atoms with E-state index in [9.17, 15) is 0 Å². The van der Waals surface area contributed by atoms with Crippen molar-refractivity contribution < 1.29 is 0 Å². The molecule has 0 aliphatic carbocycles. The minimum Gasteiger partial charge on any atom is -0.345 e. The van der Waals surface area contributed by atoms with Crippen molar-refractivity contribution in [3.63, 3.8) is 0 Å². The van der Waals surface area contributed by atoms with E-state index in [0.717, 1.165) is 45.5 Å². The molecule has 15 aromatic carbocycles. The van der Waals surface area contributed by atoms with Crippen LogP contribution < -0.4 is 19.6 Å². The Morgan fingerprint density at radius 2 is 0.456 bits per heavy atom. The number of nitrogens with zero attached hydrogens (tertiary/aromatic N) is 4. The monoisotopic (exact) mass is 1150 g/mol. The molecule has 90 heavy (non-hydrogen) atoms. The Kier molecular flexibility index (Phi) is 16.0. The molecule has 0 fully saturated rings. The predicted octanol–water partition coefficient (Wildman–Crippen LogP) is 24.0. The molecule has 0 aliphatic rings. The summed E-state index contributed by atoms with van der Waals surface area (Å²) in [6, 6.07) is 130. The maximum absolute atomic E-state index is 2.38. The zero-order chi connectivity index (χ0) is 60.6. The standard InChI is InChI=1S/C45H34N2.C41H32N2/c1-46(42-30-25-34-13-5-6-15-38(34)31-42)40-26-21-35(22-27-40)36-23-28-41(29-24-36)47(45-20-10-16-37-14-7-8-19-44(37)45)43-18-9-17-39(32-43)33-11-3-2-4-12-33;1-42(36-17-6-3-7-18-36)37-26-22-32(23-27-37)33-24-28-38(29-25-33)43(41-21-11-15-34-14-8-9-20-40(34)41)39-19-10-16-35(30-39)31-12-4-2-5-13-31/h2-32H,1H3;2-30H,1H3. The van der Waals surface area contributed by atoms with Crippen molar-refractivity contribution in [3.05, 3.63) is 364 Å². The minimum atomic E-state index is 1.11. The van der Waals surface area contributed by atoms with E-state index in [4.69, 9.17) is 0 Å². The normalized spacial score (nSPS) is 11.0. The molecule has 15 rings (SSSR count). The Morgan fingerprint density at radius 3 is 0.900 bits per heavy atom. The van der Waals surface area contributed by atoms with Gasteiger partial charge in [0, 0.05) is 70.4 Å². The van der Waals surface area contributed by atoms with Crippen LogP contribution >= 0.6 is 0 Å². The highest BCUT2D eigenvalue weighted by molar-refractivity contribution is 6.01. The van der Waals surface area contributed by atoms with Gasteiger partial charge in [-0.15, -0.1) is 0 Å². The van der Waals surface area contributed by atoms with Gasteiger partial charge in [0.25, 0.3) is 0 Å². The highest BCUT2D eigenvalue weighted by Gasteiger charge is 2.19. The summed E-state index contributed by atoms with van der Waals surface area (Å²) in [6.07, 6.45) is 0. The molecule has 0 bridgehead atoms. The quantitative estimate of drug-likeness (QED) is 0.108. The number of hydrogen-bond acceptors (Lipinski definition) is 4. The van der Waals surface area contributed by atoms with E-state index in [1.54, 1.807) is 0 Å². The maximum atomic E-state index is 2.38. The van der Waals surface area contributed by atoms with Crippen molar-refractivity contribution in [3.8, 4) is 44.5 Å². The molecule has 0 saturated carbocycles. The molecule has 0 spiro atoms. The van der Waals surface area contributed by atoms with Gasteiger partial charge in [-0.3, -0.25) is 0 Å². The summed E-state index contributed by atoms with van der Waals surface area (Å²) in [5, 5.41) is 7.39. The van der Waals surface area contributed by atoms with E-state index < -0.39 is 0 Å². The predicted molar refractivity (Wildman–Crippen MR) is 386 cm³/mol. The molecule has 0 heterocycles. The molecule has 0 aliphatic heterocycles. The summed E-state index contributed by atoms with van der Waals surface area (Å²) in [5.41, 5.74) is 21.0. The Labute approximate surface area is 528 Å². The lowest BCUT2D eigenvalue weighted by Crippen LogP contribution is -2.10. The molecule has 0 atom stereocenters. The molecule has 0 unspecified atom stereocenters. The van der Waals surface area contributed by atoms with Crippen LogP contribution in [0.25, 0.3) is 76.8 Å². The van der Waals surface area contributed by atoms with Gasteiger partial charge in [-0.25, -0.2) is 0 Å². The summed E-state index contributed by atoms with van der Waals surface area (Å²) in [7, 11) is 4.23. The van der Waals surface area contributed by atoms with Crippen LogP contribution in [0.2, 0.25) is 0 Å². The van der Waals surface area contributed by atoms with Gasteiger partial charge in [0.2, 0.25) is 0 Å². The Hall–Kier alpha value is -11.7. The smallest absolute Gasteiger partial charge is 0.0540 e. The fourth-order valence-corrected chi connectivity index (χ4v) is 12.3. The zero-order valence-corrected chi connectivity index (χ0v) is 50.4. The molecule has 0 aromatic heterocycles. The third kappa shape index (κ3) is 11.9. The first-order valence-electron chi connectivity index (χ1n) is 30.7. The van der Waals surface area contributed by atoms with Crippen LogP contribution in [0.1, 0.15) is 0 Å². The van der Waals surface area contributed by atoms with Crippen molar-refractivity contribution in [1.82, 2.24) is 0 Å². The molecule has 430 valence electrons. The second-order valence-corrected chi connectivity index (χ2v) is 22.7. The van der Waals surface area contributed by atoms with Gasteiger partial charge in [0.05, 0.1) is 11.4 Å². The van der Waals surface area contributed by atoms with Gasteiger partial charge in [0.1, 0.15) is 0 Å². The second kappa shape index (κ2) is 25.7. The average Bonchev–Trinajstić information content (AvgIpc) is 3.59. The lowest BCUT2D eigenvalue weighted by molar-refractivity contribution is 1.21. The van der Waals surface area contributed by atoms with Gasteiger partial charge < -0.3 is 19.6 Å². The van der Waals surface area contributed by atoms with Crippen LogP contribution in [0.5, 0.6) is 0 Å². The molecular weight excluding hydrogens is 1090 g/mol. The summed E-state index contributed by atoms with van der Waals surface area (Å²) >= 11 is 0. The Morgan fingerprint density at radius 1 is 0.167 bits per heavy atom. The number of rotatable bonds is 14. The van der Waals surface area contributed by atoms with Crippen molar-refractivity contribution >= 4 is 89.2 Å². The van der Waals surface area contributed by atoms with E-state index >= 15 is 0 Å². The molecule has 4 heteroatoms. The highest BCUT2D eigenvalue weighted by Crippen LogP contribution is 2.43.